The van der Waals surface area contributed by atoms with Crippen LogP contribution in [0.15, 0.2) is 42.7 Å². The minimum atomic E-state index is -1.25. The van der Waals surface area contributed by atoms with E-state index in [-0.39, 0.29) is 11.4 Å². The number of nitrogens with zero attached hydrogens (tertiary/aromatic N) is 6. The monoisotopic (exact) mass is 693 g/mol. The SMILES string of the molecule is CC(C)(C)N1CCC(Nc2cc(N(COCC[Si](C)(C)C)COCC[Si](C)(C)C)n3ncc(-c4cnc5ccc(F)cc5c4)c3n2)CC1. The standard InChI is InChI=1S/C36H56FN7O2Si2/c1-36(2,3)43-14-12-30(13-15-43)40-33-22-34(42(25-45-16-18-47(4,5)6)26-46-17-19-48(7,8)9)44-35(41-33)31(24-39-44)28-20-27-21-29(37)10-11-32(27)38-23-28/h10-11,20-24,30H,12-19,25-26H2,1-9H3,(H,40,41). The Bertz CT molecular complexity index is 1650. The highest BCUT2D eigenvalue weighted by molar-refractivity contribution is 6.76. The molecule has 1 aliphatic rings. The number of ether oxygens (including phenoxy) is 2. The molecular weight excluding hydrogens is 638 g/mol. The van der Waals surface area contributed by atoms with Crippen LogP contribution in [0.3, 0.4) is 0 Å². The van der Waals surface area contributed by atoms with Crippen LogP contribution in [0.4, 0.5) is 16.0 Å². The Balaban J connectivity index is 1.51. The molecule has 0 radical (unpaired) electrons. The van der Waals surface area contributed by atoms with Gasteiger partial charge in [-0.2, -0.15) is 9.61 Å². The van der Waals surface area contributed by atoms with Crippen LogP contribution in [-0.4, -0.2) is 92.0 Å². The van der Waals surface area contributed by atoms with Gasteiger partial charge in [0.2, 0.25) is 0 Å². The third-order valence-corrected chi connectivity index (χ3v) is 12.4. The molecule has 0 spiro atoms. The highest BCUT2D eigenvalue weighted by Gasteiger charge is 2.28. The molecule has 0 saturated carbocycles. The van der Waals surface area contributed by atoms with E-state index >= 15 is 0 Å². The predicted octanol–water partition coefficient (Wildman–Crippen LogP) is 8.19. The topological polar surface area (TPSA) is 80.0 Å². The number of piperidine rings is 1. The van der Waals surface area contributed by atoms with E-state index in [0.717, 1.165) is 71.7 Å². The number of hydrogen-bond donors (Lipinski definition) is 1. The molecule has 0 unspecified atom stereocenters. The number of aromatic nitrogens is 4. The van der Waals surface area contributed by atoms with Crippen molar-refractivity contribution in [2.75, 3.05) is 50.0 Å². The quantitative estimate of drug-likeness (QED) is 0.0805. The van der Waals surface area contributed by atoms with E-state index in [1.165, 1.54) is 12.1 Å². The second kappa shape index (κ2) is 14.9. The number of halogens is 1. The van der Waals surface area contributed by atoms with Gasteiger partial charge in [-0.05, 0) is 70.0 Å². The Kier molecular flexibility index (Phi) is 11.3. The van der Waals surface area contributed by atoms with Gasteiger partial charge < -0.3 is 19.7 Å². The van der Waals surface area contributed by atoms with Crippen molar-refractivity contribution in [3.8, 4) is 11.1 Å². The van der Waals surface area contributed by atoms with Crippen molar-refractivity contribution in [3.05, 3.63) is 48.5 Å². The molecule has 12 heteroatoms. The normalized spacial score (nSPS) is 15.5. The van der Waals surface area contributed by atoms with Crippen LogP contribution in [0.25, 0.3) is 27.7 Å². The van der Waals surface area contributed by atoms with Crippen molar-refractivity contribution in [2.45, 2.75) is 96.6 Å². The third kappa shape index (κ3) is 9.84. The highest BCUT2D eigenvalue weighted by Crippen LogP contribution is 2.31. The molecule has 5 rings (SSSR count). The first-order valence-electron chi connectivity index (χ1n) is 17.4. The second-order valence-corrected chi connectivity index (χ2v) is 27.9. The number of hydrogen-bond acceptors (Lipinski definition) is 8. The van der Waals surface area contributed by atoms with Crippen molar-refractivity contribution in [1.29, 1.82) is 0 Å². The van der Waals surface area contributed by atoms with E-state index in [0.29, 0.717) is 38.4 Å². The van der Waals surface area contributed by atoms with Crippen LogP contribution >= 0.6 is 0 Å². The zero-order valence-corrected chi connectivity index (χ0v) is 32.6. The molecule has 3 aromatic heterocycles. The summed E-state index contributed by atoms with van der Waals surface area (Å²) in [6, 6.07) is 11.2. The first-order valence-corrected chi connectivity index (χ1v) is 24.8. The molecule has 9 nitrogen and oxygen atoms in total. The molecule has 4 aromatic rings. The summed E-state index contributed by atoms with van der Waals surface area (Å²) in [5, 5.41) is 9.37. The van der Waals surface area contributed by atoms with E-state index in [1.807, 2.05) is 23.0 Å². The molecule has 4 heterocycles. The number of rotatable bonds is 14. The molecule has 1 saturated heterocycles. The minimum Gasteiger partial charge on any atom is -0.367 e. The highest BCUT2D eigenvalue weighted by atomic mass is 28.3. The summed E-state index contributed by atoms with van der Waals surface area (Å²) in [5.74, 6) is 1.36. The zero-order chi connectivity index (χ0) is 34.7. The van der Waals surface area contributed by atoms with Crippen molar-refractivity contribution in [2.24, 2.45) is 0 Å². The summed E-state index contributed by atoms with van der Waals surface area (Å²) in [6.07, 6.45) is 5.72. The van der Waals surface area contributed by atoms with Crippen LogP contribution in [0, 0.1) is 5.82 Å². The van der Waals surface area contributed by atoms with E-state index in [9.17, 15) is 4.39 Å². The van der Waals surface area contributed by atoms with Gasteiger partial charge in [0.1, 0.15) is 30.9 Å². The number of fused-ring (bicyclic) bond motifs is 2. The summed E-state index contributed by atoms with van der Waals surface area (Å²) in [5.41, 5.74) is 3.27. The van der Waals surface area contributed by atoms with Crippen LogP contribution in [0.2, 0.25) is 51.4 Å². The molecule has 0 atom stereocenters. The average Bonchev–Trinajstić information content (AvgIpc) is 3.42. The number of benzene rings is 1. The Hall–Kier alpha value is -2.91. The van der Waals surface area contributed by atoms with E-state index in [1.54, 1.807) is 6.07 Å². The lowest BCUT2D eigenvalue weighted by molar-refractivity contribution is 0.0942. The predicted molar refractivity (Wildman–Crippen MR) is 202 cm³/mol. The smallest absolute Gasteiger partial charge is 0.167 e. The summed E-state index contributed by atoms with van der Waals surface area (Å²) < 4.78 is 28.7. The van der Waals surface area contributed by atoms with Crippen molar-refractivity contribution in [3.63, 3.8) is 0 Å². The summed E-state index contributed by atoms with van der Waals surface area (Å²) in [6.45, 7) is 25.3. The lowest BCUT2D eigenvalue weighted by Crippen LogP contribution is -2.48. The second-order valence-electron chi connectivity index (χ2n) is 16.7. The zero-order valence-electron chi connectivity index (χ0n) is 30.6. The van der Waals surface area contributed by atoms with Gasteiger partial charge >= 0.3 is 0 Å². The summed E-state index contributed by atoms with van der Waals surface area (Å²) in [4.78, 5) is 14.5. The first-order chi connectivity index (χ1) is 22.6. The molecule has 48 heavy (non-hydrogen) atoms. The van der Waals surface area contributed by atoms with Crippen molar-refractivity contribution < 1.29 is 13.9 Å². The Labute approximate surface area is 288 Å². The molecule has 1 fully saturated rings. The molecule has 0 bridgehead atoms. The molecule has 262 valence electrons. The van der Waals surface area contributed by atoms with Gasteiger partial charge in [0.15, 0.2) is 5.65 Å². The molecule has 1 N–H and O–H groups in total. The van der Waals surface area contributed by atoms with E-state index in [4.69, 9.17) is 19.6 Å². The number of anilines is 2. The third-order valence-electron chi connectivity index (χ3n) is 9.01. The van der Waals surface area contributed by atoms with Gasteiger partial charge in [-0.25, -0.2) is 9.37 Å². The maximum atomic E-state index is 14.2. The Morgan fingerprint density at radius 3 is 2.17 bits per heavy atom. The lowest BCUT2D eigenvalue weighted by atomic mass is 9.98. The molecule has 1 aliphatic heterocycles. The summed E-state index contributed by atoms with van der Waals surface area (Å²) >= 11 is 0. The van der Waals surface area contributed by atoms with Gasteiger partial charge in [0.05, 0.1) is 11.7 Å². The molecule has 0 aliphatic carbocycles. The van der Waals surface area contributed by atoms with Crippen LogP contribution in [0.1, 0.15) is 33.6 Å². The fraction of sp³-hybridized carbons (Fsp3) is 0.583. The van der Waals surface area contributed by atoms with Crippen LogP contribution < -0.4 is 10.2 Å². The van der Waals surface area contributed by atoms with Crippen molar-refractivity contribution >= 4 is 44.3 Å². The lowest BCUT2D eigenvalue weighted by Gasteiger charge is -2.41. The van der Waals surface area contributed by atoms with Gasteiger partial charge in [-0.3, -0.25) is 9.88 Å². The first kappa shape index (κ1) is 36.4. The molecule has 1 aromatic carbocycles. The number of pyridine rings is 1. The minimum absolute atomic E-state index is 0.157. The van der Waals surface area contributed by atoms with Gasteiger partial charge in [-0.15, -0.1) is 0 Å². The van der Waals surface area contributed by atoms with E-state index < -0.39 is 16.1 Å². The Morgan fingerprint density at radius 1 is 0.917 bits per heavy atom. The molecule has 0 amide bonds. The van der Waals surface area contributed by atoms with Crippen LogP contribution in [-0.2, 0) is 9.47 Å². The van der Waals surface area contributed by atoms with Gasteiger partial charge in [0.25, 0.3) is 0 Å². The number of nitrogens with one attached hydrogen (secondary N) is 1. The van der Waals surface area contributed by atoms with E-state index in [2.05, 4.69) is 86.2 Å². The number of likely N-dealkylation sites (tertiary alicyclic amines) is 1. The fourth-order valence-corrected chi connectivity index (χ4v) is 7.39. The fourth-order valence-electron chi connectivity index (χ4n) is 5.88. The molecular formula is C36H56FN7O2Si2. The maximum absolute atomic E-state index is 14.2. The van der Waals surface area contributed by atoms with Crippen molar-refractivity contribution in [1.82, 2.24) is 24.5 Å². The maximum Gasteiger partial charge on any atom is 0.167 e. The Morgan fingerprint density at radius 2 is 1.56 bits per heavy atom. The van der Waals surface area contributed by atoms with Gasteiger partial charge in [0, 0.05) is 82.8 Å². The van der Waals surface area contributed by atoms with Gasteiger partial charge in [-0.1, -0.05) is 39.3 Å². The largest absolute Gasteiger partial charge is 0.367 e. The average molecular weight is 694 g/mol. The van der Waals surface area contributed by atoms with Crippen LogP contribution in [0.5, 0.6) is 0 Å². The summed E-state index contributed by atoms with van der Waals surface area (Å²) in [7, 11) is -2.51.